The molecule has 0 bridgehead atoms. The highest BCUT2D eigenvalue weighted by molar-refractivity contribution is 5.88. The number of hydrogen-bond acceptors (Lipinski definition) is 3. The second kappa shape index (κ2) is 5.88. The summed E-state index contributed by atoms with van der Waals surface area (Å²) in [5, 5.41) is 8.93. The summed E-state index contributed by atoms with van der Waals surface area (Å²) < 4.78 is 5.18. The summed E-state index contributed by atoms with van der Waals surface area (Å²) >= 11 is 0. The minimum atomic E-state index is -0.933. The molecule has 1 fully saturated rings. The van der Waals surface area contributed by atoms with E-state index >= 15 is 0 Å². The van der Waals surface area contributed by atoms with Gasteiger partial charge in [-0.1, -0.05) is 36.4 Å². The monoisotopic (exact) mass is 310 g/mol. The third kappa shape index (κ3) is 2.84. The van der Waals surface area contributed by atoms with Crippen LogP contribution in [0.15, 0.2) is 48.5 Å². The second-order valence-corrected chi connectivity index (χ2v) is 5.76. The number of carboxylic acid groups (broad SMARTS) is 1. The van der Waals surface area contributed by atoms with Crippen LogP contribution in [0.4, 0.5) is 0 Å². The van der Waals surface area contributed by atoms with Crippen molar-refractivity contribution < 1.29 is 19.4 Å². The number of ether oxygens (including phenoxy) is 1. The molecule has 0 heterocycles. The van der Waals surface area contributed by atoms with Gasteiger partial charge in [0.15, 0.2) is 0 Å². The van der Waals surface area contributed by atoms with Gasteiger partial charge in [0, 0.05) is 0 Å². The number of carbonyl (C=O) groups excluding carboxylic acids is 1. The van der Waals surface area contributed by atoms with E-state index in [1.54, 1.807) is 24.3 Å². The predicted molar refractivity (Wildman–Crippen MR) is 86.4 cm³/mol. The molecule has 0 aromatic heterocycles. The number of aromatic carboxylic acids is 1. The van der Waals surface area contributed by atoms with Crippen molar-refractivity contribution in [1.29, 1.82) is 0 Å². The highest BCUT2D eigenvalue weighted by Crippen LogP contribution is 2.49. The Morgan fingerprint density at radius 1 is 1.00 bits per heavy atom. The van der Waals surface area contributed by atoms with Crippen molar-refractivity contribution in [2.24, 2.45) is 0 Å². The molecule has 4 heteroatoms. The van der Waals surface area contributed by atoms with E-state index < -0.39 is 11.4 Å². The lowest BCUT2D eigenvalue weighted by molar-refractivity contribution is -0.146. The first-order chi connectivity index (χ1) is 11.1. The van der Waals surface area contributed by atoms with Gasteiger partial charge in [-0.2, -0.15) is 0 Å². The lowest BCUT2D eigenvalue weighted by Crippen LogP contribution is -2.23. The number of benzene rings is 2. The first-order valence-corrected chi connectivity index (χ1v) is 7.68. The number of carbonyl (C=O) groups is 2. The lowest BCUT2D eigenvalue weighted by atomic mass is 9.93. The SMILES string of the molecule is CCOC(=O)C1(c2ccc(-c3ccc(C(=O)O)cc3)cc2)CC1. The van der Waals surface area contributed by atoms with E-state index in [2.05, 4.69) is 0 Å². The summed E-state index contributed by atoms with van der Waals surface area (Å²) in [6, 6.07) is 14.6. The molecule has 0 aliphatic heterocycles. The van der Waals surface area contributed by atoms with E-state index in [4.69, 9.17) is 9.84 Å². The van der Waals surface area contributed by atoms with Crippen molar-refractivity contribution in [3.8, 4) is 11.1 Å². The minimum Gasteiger partial charge on any atom is -0.478 e. The zero-order chi connectivity index (χ0) is 16.4. The minimum absolute atomic E-state index is 0.140. The predicted octanol–water partition coefficient (Wildman–Crippen LogP) is 3.65. The van der Waals surface area contributed by atoms with Gasteiger partial charge in [0.1, 0.15) is 0 Å². The van der Waals surface area contributed by atoms with Gasteiger partial charge in [-0.15, -0.1) is 0 Å². The van der Waals surface area contributed by atoms with E-state index in [-0.39, 0.29) is 11.5 Å². The van der Waals surface area contributed by atoms with Gasteiger partial charge >= 0.3 is 11.9 Å². The van der Waals surface area contributed by atoms with Crippen LogP contribution in [0.3, 0.4) is 0 Å². The van der Waals surface area contributed by atoms with E-state index in [1.807, 2.05) is 31.2 Å². The molecule has 1 aliphatic carbocycles. The third-order valence-electron chi connectivity index (χ3n) is 4.32. The highest BCUT2D eigenvalue weighted by Gasteiger charge is 2.52. The molecule has 0 spiro atoms. The maximum absolute atomic E-state index is 12.1. The fourth-order valence-electron chi connectivity index (χ4n) is 2.79. The Kier molecular flexibility index (Phi) is 3.90. The first kappa shape index (κ1) is 15.3. The van der Waals surface area contributed by atoms with Gasteiger partial charge in [0.05, 0.1) is 17.6 Å². The van der Waals surface area contributed by atoms with Crippen molar-refractivity contribution in [2.45, 2.75) is 25.2 Å². The average molecular weight is 310 g/mol. The van der Waals surface area contributed by atoms with Gasteiger partial charge < -0.3 is 9.84 Å². The quantitative estimate of drug-likeness (QED) is 0.856. The summed E-state index contributed by atoms with van der Waals surface area (Å²) in [7, 11) is 0. The van der Waals surface area contributed by atoms with Gasteiger partial charge in [-0.25, -0.2) is 4.79 Å². The molecule has 1 saturated carbocycles. The molecule has 0 atom stereocenters. The molecule has 118 valence electrons. The summed E-state index contributed by atoms with van der Waals surface area (Å²) in [5.41, 5.74) is 2.74. The molecule has 2 aromatic carbocycles. The Morgan fingerprint density at radius 3 is 1.96 bits per heavy atom. The van der Waals surface area contributed by atoms with Crippen LogP contribution in [0, 0.1) is 0 Å². The smallest absolute Gasteiger partial charge is 0.335 e. The Balaban J connectivity index is 1.82. The molecule has 0 amide bonds. The van der Waals surface area contributed by atoms with Crippen molar-refractivity contribution >= 4 is 11.9 Å². The van der Waals surface area contributed by atoms with Gasteiger partial charge in [-0.05, 0) is 48.6 Å². The second-order valence-electron chi connectivity index (χ2n) is 5.76. The Hall–Kier alpha value is -2.62. The van der Waals surface area contributed by atoms with Crippen LogP contribution in [-0.2, 0) is 14.9 Å². The van der Waals surface area contributed by atoms with Crippen molar-refractivity contribution in [1.82, 2.24) is 0 Å². The maximum atomic E-state index is 12.1. The van der Waals surface area contributed by atoms with Crippen LogP contribution in [0.25, 0.3) is 11.1 Å². The fourth-order valence-corrected chi connectivity index (χ4v) is 2.79. The number of rotatable bonds is 5. The van der Waals surface area contributed by atoms with E-state index in [9.17, 15) is 9.59 Å². The van der Waals surface area contributed by atoms with E-state index in [0.717, 1.165) is 29.5 Å². The molecule has 0 unspecified atom stereocenters. The number of hydrogen-bond donors (Lipinski definition) is 1. The molecule has 1 N–H and O–H groups in total. The summed E-state index contributed by atoms with van der Waals surface area (Å²) in [5.74, 6) is -1.07. The highest BCUT2D eigenvalue weighted by atomic mass is 16.5. The summed E-state index contributed by atoms with van der Waals surface area (Å²) in [4.78, 5) is 23.0. The molecule has 1 aliphatic rings. The van der Waals surface area contributed by atoms with Gasteiger partial charge in [-0.3, -0.25) is 4.79 Å². The average Bonchev–Trinajstić information content (AvgIpc) is 3.37. The fraction of sp³-hybridized carbons (Fsp3) is 0.263. The van der Waals surface area contributed by atoms with Crippen LogP contribution >= 0.6 is 0 Å². The molecule has 0 radical (unpaired) electrons. The normalized spacial score (nSPS) is 15.0. The topological polar surface area (TPSA) is 63.6 Å². The van der Waals surface area contributed by atoms with Crippen LogP contribution in [0.2, 0.25) is 0 Å². The lowest BCUT2D eigenvalue weighted by Gasteiger charge is -2.14. The van der Waals surface area contributed by atoms with Crippen molar-refractivity contribution in [3.05, 3.63) is 59.7 Å². The third-order valence-corrected chi connectivity index (χ3v) is 4.32. The molecule has 3 rings (SSSR count). The van der Waals surface area contributed by atoms with Crippen LogP contribution in [0.1, 0.15) is 35.7 Å². The molecule has 4 nitrogen and oxygen atoms in total. The summed E-state index contributed by atoms with van der Waals surface area (Å²) in [6.45, 7) is 2.21. The van der Waals surface area contributed by atoms with Gasteiger partial charge in [0.25, 0.3) is 0 Å². The summed E-state index contributed by atoms with van der Waals surface area (Å²) in [6.07, 6.45) is 1.66. The number of carboxylic acids is 1. The molecule has 0 saturated heterocycles. The maximum Gasteiger partial charge on any atom is 0.335 e. The largest absolute Gasteiger partial charge is 0.478 e. The molecule has 2 aromatic rings. The van der Waals surface area contributed by atoms with Crippen LogP contribution in [0.5, 0.6) is 0 Å². The van der Waals surface area contributed by atoms with Gasteiger partial charge in [0.2, 0.25) is 0 Å². The standard InChI is InChI=1S/C19H18O4/c1-2-23-18(22)19(11-12-19)16-9-7-14(8-10-16)13-3-5-15(6-4-13)17(20)21/h3-10H,2,11-12H2,1H3,(H,20,21). The Morgan fingerprint density at radius 2 is 1.52 bits per heavy atom. The van der Waals surface area contributed by atoms with Crippen LogP contribution < -0.4 is 0 Å². The molecular weight excluding hydrogens is 292 g/mol. The van der Waals surface area contributed by atoms with Crippen LogP contribution in [-0.4, -0.2) is 23.7 Å². The zero-order valence-electron chi connectivity index (χ0n) is 12.9. The van der Waals surface area contributed by atoms with Crippen molar-refractivity contribution in [2.75, 3.05) is 6.61 Å². The molecular formula is C19H18O4. The first-order valence-electron chi connectivity index (χ1n) is 7.68. The van der Waals surface area contributed by atoms with Crippen molar-refractivity contribution in [3.63, 3.8) is 0 Å². The van der Waals surface area contributed by atoms with E-state index in [0.29, 0.717) is 6.61 Å². The number of esters is 1. The zero-order valence-corrected chi connectivity index (χ0v) is 12.9. The Bertz CT molecular complexity index is 725. The molecule has 23 heavy (non-hydrogen) atoms. The Labute approximate surface area is 134 Å². The van der Waals surface area contributed by atoms with E-state index in [1.165, 1.54) is 0 Å².